The van der Waals surface area contributed by atoms with Crippen LogP contribution in [0.4, 0.5) is 0 Å². The van der Waals surface area contributed by atoms with Gasteiger partial charge in [-0.05, 0) is 75.5 Å². The number of hydrogen-bond donors (Lipinski definition) is 1. The predicted molar refractivity (Wildman–Crippen MR) is 88.3 cm³/mol. The van der Waals surface area contributed by atoms with Crippen molar-refractivity contribution in [3.63, 3.8) is 0 Å². The van der Waals surface area contributed by atoms with E-state index >= 15 is 0 Å². The van der Waals surface area contributed by atoms with Gasteiger partial charge in [-0.15, -0.1) is 0 Å². The highest BCUT2D eigenvalue weighted by atomic mass is 79.9. The van der Waals surface area contributed by atoms with Gasteiger partial charge in [0, 0.05) is 21.6 Å². The Morgan fingerprint density at radius 1 is 1.35 bits per heavy atom. The average molecular weight is 358 g/mol. The first-order chi connectivity index (χ1) is 9.70. The van der Waals surface area contributed by atoms with Gasteiger partial charge in [0.2, 0.25) is 0 Å². The summed E-state index contributed by atoms with van der Waals surface area (Å²) in [5.74, 6) is 0.654. The van der Waals surface area contributed by atoms with Gasteiger partial charge in [0.1, 0.15) is 0 Å². The number of piperidine rings is 1. The fourth-order valence-corrected chi connectivity index (χ4v) is 4.18. The zero-order valence-corrected chi connectivity index (χ0v) is 14.3. The van der Waals surface area contributed by atoms with E-state index in [4.69, 9.17) is 11.6 Å². The van der Waals surface area contributed by atoms with Gasteiger partial charge in [-0.1, -0.05) is 27.5 Å². The molecule has 1 aromatic rings. The lowest BCUT2D eigenvalue weighted by Crippen LogP contribution is -2.43. The lowest BCUT2D eigenvalue weighted by atomic mass is 9.84. The summed E-state index contributed by atoms with van der Waals surface area (Å²) < 4.78 is 1.13. The summed E-state index contributed by atoms with van der Waals surface area (Å²) in [5, 5.41) is 4.28. The van der Waals surface area contributed by atoms with E-state index < -0.39 is 0 Å². The van der Waals surface area contributed by atoms with Gasteiger partial charge in [-0.25, -0.2) is 0 Å². The van der Waals surface area contributed by atoms with Gasteiger partial charge in [-0.2, -0.15) is 0 Å². The minimum atomic E-state index is 0.466. The van der Waals surface area contributed by atoms with E-state index in [1.54, 1.807) is 0 Å². The number of nitrogens with one attached hydrogen (secondary N) is 1. The SMILES string of the molecule is CNCC1CCCN(C2CC2)C1c1cc(Br)ccc1Cl. The normalized spacial score (nSPS) is 27.8. The maximum Gasteiger partial charge on any atom is 0.0454 e. The summed E-state index contributed by atoms with van der Waals surface area (Å²) in [6.45, 7) is 2.29. The Morgan fingerprint density at radius 2 is 2.15 bits per heavy atom. The maximum absolute atomic E-state index is 6.52. The molecule has 0 aromatic heterocycles. The second-order valence-electron chi connectivity index (χ2n) is 6.04. The Hall–Kier alpha value is -0.0900. The van der Waals surface area contributed by atoms with Crippen molar-refractivity contribution in [1.29, 1.82) is 0 Å². The smallest absolute Gasteiger partial charge is 0.0454 e. The van der Waals surface area contributed by atoms with Gasteiger partial charge in [0.25, 0.3) is 0 Å². The molecule has 3 rings (SSSR count). The first-order valence-corrected chi connectivity index (χ1v) is 8.73. The summed E-state index contributed by atoms with van der Waals surface area (Å²) in [5.41, 5.74) is 1.30. The van der Waals surface area contributed by atoms with Crippen molar-refractivity contribution in [3.05, 3.63) is 33.3 Å². The largest absolute Gasteiger partial charge is 0.319 e. The van der Waals surface area contributed by atoms with E-state index in [-0.39, 0.29) is 0 Å². The van der Waals surface area contributed by atoms with Crippen molar-refractivity contribution >= 4 is 27.5 Å². The second kappa shape index (κ2) is 6.35. The molecule has 1 heterocycles. The number of nitrogens with zero attached hydrogens (tertiary/aromatic N) is 1. The average Bonchev–Trinajstić information content (AvgIpc) is 3.26. The molecular formula is C16H22BrClN2. The Balaban J connectivity index is 1.95. The van der Waals surface area contributed by atoms with Crippen LogP contribution >= 0.6 is 27.5 Å². The highest BCUT2D eigenvalue weighted by Gasteiger charge is 2.40. The van der Waals surface area contributed by atoms with E-state index in [2.05, 4.69) is 39.3 Å². The number of benzene rings is 1. The third-order valence-corrected chi connectivity index (χ3v) is 5.39. The fourth-order valence-electron chi connectivity index (χ4n) is 3.57. The molecule has 0 bridgehead atoms. The van der Waals surface area contributed by atoms with Crippen LogP contribution in [0.2, 0.25) is 5.02 Å². The zero-order chi connectivity index (χ0) is 14.1. The van der Waals surface area contributed by atoms with Crippen LogP contribution in [0.1, 0.15) is 37.3 Å². The van der Waals surface area contributed by atoms with Gasteiger partial charge in [0.05, 0.1) is 0 Å². The van der Waals surface area contributed by atoms with Crippen molar-refractivity contribution < 1.29 is 0 Å². The second-order valence-corrected chi connectivity index (χ2v) is 7.36. The van der Waals surface area contributed by atoms with E-state index in [0.29, 0.717) is 12.0 Å². The van der Waals surface area contributed by atoms with Crippen molar-refractivity contribution in [2.45, 2.75) is 37.8 Å². The summed E-state index contributed by atoms with van der Waals surface area (Å²) >= 11 is 10.1. The standard InChI is InChI=1S/C16H22BrClN2/c1-19-10-11-3-2-8-20(13-5-6-13)16(11)14-9-12(17)4-7-15(14)18/h4,7,9,11,13,16,19H,2-3,5-6,8,10H2,1H3. The molecule has 1 saturated carbocycles. The van der Waals surface area contributed by atoms with Crippen LogP contribution in [0.25, 0.3) is 0 Å². The Morgan fingerprint density at radius 3 is 2.85 bits per heavy atom. The maximum atomic E-state index is 6.52. The van der Waals surface area contributed by atoms with Crippen LogP contribution in [0.15, 0.2) is 22.7 Å². The summed E-state index contributed by atoms with van der Waals surface area (Å²) in [6.07, 6.45) is 5.31. The molecule has 0 radical (unpaired) electrons. The lowest BCUT2D eigenvalue weighted by Gasteiger charge is -2.42. The molecule has 1 saturated heterocycles. The van der Waals surface area contributed by atoms with Crippen LogP contribution in [-0.4, -0.2) is 31.1 Å². The molecule has 4 heteroatoms. The molecule has 2 nitrogen and oxygen atoms in total. The third kappa shape index (κ3) is 3.06. The van der Waals surface area contributed by atoms with Crippen molar-refractivity contribution in [3.8, 4) is 0 Å². The number of halogens is 2. The molecule has 1 aliphatic heterocycles. The van der Waals surface area contributed by atoms with Crippen molar-refractivity contribution in [2.75, 3.05) is 20.1 Å². The quantitative estimate of drug-likeness (QED) is 0.867. The highest BCUT2D eigenvalue weighted by molar-refractivity contribution is 9.10. The molecule has 1 aliphatic carbocycles. The summed E-state index contributed by atoms with van der Waals surface area (Å²) in [7, 11) is 2.05. The Kier molecular flexibility index (Phi) is 4.71. The minimum absolute atomic E-state index is 0.466. The Labute approximate surface area is 135 Å². The van der Waals surface area contributed by atoms with Crippen molar-refractivity contribution in [2.24, 2.45) is 5.92 Å². The molecule has 1 N–H and O–H groups in total. The molecule has 2 aliphatic rings. The molecule has 20 heavy (non-hydrogen) atoms. The first kappa shape index (κ1) is 14.8. The van der Waals surface area contributed by atoms with Gasteiger partial charge >= 0.3 is 0 Å². The minimum Gasteiger partial charge on any atom is -0.319 e. The van der Waals surface area contributed by atoms with Crippen LogP contribution in [0, 0.1) is 5.92 Å². The zero-order valence-electron chi connectivity index (χ0n) is 11.9. The molecule has 1 aromatic carbocycles. The molecule has 2 atom stereocenters. The van der Waals surface area contributed by atoms with E-state index in [9.17, 15) is 0 Å². The fraction of sp³-hybridized carbons (Fsp3) is 0.625. The van der Waals surface area contributed by atoms with Gasteiger partial charge in [-0.3, -0.25) is 4.90 Å². The third-order valence-electron chi connectivity index (χ3n) is 4.55. The molecule has 2 unspecified atom stereocenters. The Bertz CT molecular complexity index is 474. The number of hydrogen-bond acceptors (Lipinski definition) is 2. The van der Waals surface area contributed by atoms with E-state index in [1.165, 1.54) is 37.8 Å². The van der Waals surface area contributed by atoms with Crippen LogP contribution < -0.4 is 5.32 Å². The van der Waals surface area contributed by atoms with Crippen LogP contribution in [0.5, 0.6) is 0 Å². The molecule has 0 amide bonds. The predicted octanol–water partition coefficient (Wildman–Crippen LogP) is 4.24. The van der Waals surface area contributed by atoms with Crippen LogP contribution in [0.3, 0.4) is 0 Å². The topological polar surface area (TPSA) is 15.3 Å². The lowest BCUT2D eigenvalue weighted by molar-refractivity contribution is 0.0845. The summed E-state index contributed by atoms with van der Waals surface area (Å²) in [4.78, 5) is 2.71. The van der Waals surface area contributed by atoms with Crippen LogP contribution in [-0.2, 0) is 0 Å². The first-order valence-electron chi connectivity index (χ1n) is 7.56. The van der Waals surface area contributed by atoms with Crippen molar-refractivity contribution in [1.82, 2.24) is 10.2 Å². The summed E-state index contributed by atoms with van der Waals surface area (Å²) in [6, 6.07) is 7.53. The molecule has 110 valence electrons. The van der Waals surface area contributed by atoms with E-state index in [1.807, 2.05) is 12.1 Å². The molecule has 2 fully saturated rings. The number of rotatable bonds is 4. The monoisotopic (exact) mass is 356 g/mol. The number of likely N-dealkylation sites (tertiary alicyclic amines) is 1. The van der Waals surface area contributed by atoms with Gasteiger partial charge < -0.3 is 5.32 Å². The van der Waals surface area contributed by atoms with Gasteiger partial charge in [0.15, 0.2) is 0 Å². The molecular weight excluding hydrogens is 336 g/mol. The van der Waals surface area contributed by atoms with E-state index in [0.717, 1.165) is 22.1 Å². The highest BCUT2D eigenvalue weighted by Crippen LogP contribution is 2.44. The molecule has 0 spiro atoms.